The zero-order valence-electron chi connectivity index (χ0n) is 11.7. The molecule has 6 heteroatoms. The fourth-order valence-electron chi connectivity index (χ4n) is 3.00. The Morgan fingerprint density at radius 2 is 1.81 bits per heavy atom. The number of carbonyl (C=O) groups is 3. The number of likely N-dealkylation sites (tertiary alicyclic amines) is 2. The zero-order chi connectivity index (χ0) is 14.8. The Morgan fingerprint density at radius 3 is 2.38 bits per heavy atom. The quantitative estimate of drug-likeness (QED) is 0.756. The van der Waals surface area contributed by atoms with Crippen LogP contribution in [0.4, 0.5) is 0 Å². The number of pyridine rings is 1. The fraction of sp³-hybridized carbons (Fsp3) is 0.467. The summed E-state index contributed by atoms with van der Waals surface area (Å²) in [5.41, 5.74) is 0.573. The van der Waals surface area contributed by atoms with Gasteiger partial charge in [0.05, 0.1) is 5.56 Å². The molecule has 2 aliphatic heterocycles. The molecule has 3 rings (SSSR count). The lowest BCUT2D eigenvalue weighted by atomic mass is 10.0. The van der Waals surface area contributed by atoms with E-state index < -0.39 is 0 Å². The number of aromatic nitrogens is 1. The first-order valence-corrected chi connectivity index (χ1v) is 7.21. The van der Waals surface area contributed by atoms with Crippen molar-refractivity contribution in [3.05, 3.63) is 30.1 Å². The Balaban J connectivity index is 1.62. The number of hydrogen-bond acceptors (Lipinski definition) is 4. The van der Waals surface area contributed by atoms with Crippen molar-refractivity contribution in [2.24, 2.45) is 0 Å². The molecule has 0 spiro atoms. The second kappa shape index (κ2) is 5.63. The molecule has 1 aromatic rings. The van der Waals surface area contributed by atoms with E-state index >= 15 is 0 Å². The maximum Gasteiger partial charge on any atom is 0.255 e. The van der Waals surface area contributed by atoms with Crippen molar-refractivity contribution < 1.29 is 14.4 Å². The topological polar surface area (TPSA) is 70.6 Å². The van der Waals surface area contributed by atoms with Gasteiger partial charge in [-0.25, -0.2) is 0 Å². The molecule has 0 atom stereocenters. The van der Waals surface area contributed by atoms with E-state index in [1.807, 2.05) is 0 Å². The van der Waals surface area contributed by atoms with Crippen LogP contribution in [0.3, 0.4) is 0 Å². The van der Waals surface area contributed by atoms with Crippen molar-refractivity contribution in [3.8, 4) is 0 Å². The molecule has 0 bridgehead atoms. The van der Waals surface area contributed by atoms with Gasteiger partial charge >= 0.3 is 0 Å². The summed E-state index contributed by atoms with van der Waals surface area (Å²) in [5, 5.41) is 0. The summed E-state index contributed by atoms with van der Waals surface area (Å²) >= 11 is 0. The van der Waals surface area contributed by atoms with Gasteiger partial charge in [-0.3, -0.25) is 24.3 Å². The number of rotatable bonds is 2. The first-order valence-electron chi connectivity index (χ1n) is 7.21. The van der Waals surface area contributed by atoms with Gasteiger partial charge in [-0.05, 0) is 25.0 Å². The predicted octanol–water partition coefficient (Wildman–Crippen LogP) is 0.835. The summed E-state index contributed by atoms with van der Waals surface area (Å²) < 4.78 is 0. The summed E-state index contributed by atoms with van der Waals surface area (Å²) in [6.45, 7) is 1.13. The lowest BCUT2D eigenvalue weighted by Crippen LogP contribution is -2.48. The van der Waals surface area contributed by atoms with Crippen LogP contribution >= 0.6 is 0 Å². The van der Waals surface area contributed by atoms with Crippen LogP contribution < -0.4 is 0 Å². The Morgan fingerprint density at radius 1 is 1.14 bits per heavy atom. The minimum absolute atomic E-state index is 0.0411. The van der Waals surface area contributed by atoms with Gasteiger partial charge in [0.25, 0.3) is 5.91 Å². The van der Waals surface area contributed by atoms with Crippen LogP contribution in [0.25, 0.3) is 0 Å². The molecule has 0 aliphatic carbocycles. The molecule has 2 fully saturated rings. The monoisotopic (exact) mass is 287 g/mol. The molecule has 3 heterocycles. The predicted molar refractivity (Wildman–Crippen MR) is 74.2 cm³/mol. The van der Waals surface area contributed by atoms with E-state index in [0.717, 1.165) is 0 Å². The third-order valence-electron chi connectivity index (χ3n) is 4.12. The number of piperidine rings is 1. The molecule has 0 unspecified atom stereocenters. The van der Waals surface area contributed by atoms with Crippen molar-refractivity contribution in [2.75, 3.05) is 13.1 Å². The van der Waals surface area contributed by atoms with E-state index in [1.54, 1.807) is 29.4 Å². The smallest absolute Gasteiger partial charge is 0.255 e. The molecule has 2 aliphatic rings. The zero-order valence-corrected chi connectivity index (χ0v) is 11.7. The molecule has 0 saturated carbocycles. The molecule has 1 aromatic heterocycles. The van der Waals surface area contributed by atoms with Gasteiger partial charge in [0.2, 0.25) is 11.8 Å². The molecule has 0 radical (unpaired) electrons. The first-order chi connectivity index (χ1) is 10.2. The second-order valence-electron chi connectivity index (χ2n) is 5.42. The summed E-state index contributed by atoms with van der Waals surface area (Å²) in [6.07, 6.45) is 5.16. The fourth-order valence-corrected chi connectivity index (χ4v) is 3.00. The minimum Gasteiger partial charge on any atom is -0.338 e. The lowest BCUT2D eigenvalue weighted by Gasteiger charge is -2.35. The summed E-state index contributed by atoms with van der Waals surface area (Å²) in [5.74, 6) is -0.185. The van der Waals surface area contributed by atoms with E-state index in [-0.39, 0.29) is 23.8 Å². The van der Waals surface area contributed by atoms with Gasteiger partial charge in [-0.1, -0.05) is 0 Å². The van der Waals surface area contributed by atoms with Crippen molar-refractivity contribution in [1.29, 1.82) is 0 Å². The number of imide groups is 1. The van der Waals surface area contributed by atoms with Gasteiger partial charge in [-0.2, -0.15) is 0 Å². The molecule has 3 amide bonds. The molecular weight excluding hydrogens is 270 g/mol. The lowest BCUT2D eigenvalue weighted by molar-refractivity contribution is -0.141. The van der Waals surface area contributed by atoms with Gasteiger partial charge in [0.1, 0.15) is 0 Å². The Bertz CT molecular complexity index is 549. The van der Waals surface area contributed by atoms with E-state index in [0.29, 0.717) is 44.3 Å². The maximum atomic E-state index is 12.3. The molecule has 0 N–H and O–H groups in total. The standard InChI is InChI=1S/C15H17N3O3/c19-13-3-4-14(20)18(13)12-5-8-17(9-6-12)15(21)11-2-1-7-16-10-11/h1-2,7,10,12H,3-6,8-9H2. The van der Waals surface area contributed by atoms with Crippen molar-refractivity contribution in [3.63, 3.8) is 0 Å². The summed E-state index contributed by atoms with van der Waals surface area (Å²) in [6, 6.07) is 3.43. The molecular formula is C15H17N3O3. The Kier molecular flexibility index (Phi) is 3.68. The summed E-state index contributed by atoms with van der Waals surface area (Å²) in [4.78, 5) is 42.9. The normalized spacial score (nSPS) is 20.2. The number of carbonyl (C=O) groups excluding carboxylic acids is 3. The highest BCUT2D eigenvalue weighted by Gasteiger charge is 2.37. The van der Waals surface area contributed by atoms with Gasteiger partial charge in [0, 0.05) is 44.4 Å². The van der Waals surface area contributed by atoms with Crippen LogP contribution in [0.1, 0.15) is 36.0 Å². The highest BCUT2D eigenvalue weighted by molar-refractivity contribution is 6.02. The molecule has 110 valence electrons. The SMILES string of the molecule is O=C(c1cccnc1)N1CCC(N2C(=O)CCC2=O)CC1. The average Bonchev–Trinajstić information content (AvgIpc) is 2.87. The van der Waals surface area contributed by atoms with Crippen molar-refractivity contribution in [2.45, 2.75) is 31.7 Å². The largest absolute Gasteiger partial charge is 0.338 e. The number of hydrogen-bond donors (Lipinski definition) is 0. The van der Waals surface area contributed by atoms with E-state index in [4.69, 9.17) is 0 Å². The van der Waals surface area contributed by atoms with Crippen molar-refractivity contribution in [1.82, 2.24) is 14.8 Å². The van der Waals surface area contributed by atoms with Crippen molar-refractivity contribution >= 4 is 17.7 Å². The van der Waals surface area contributed by atoms with Crippen LogP contribution in [0.2, 0.25) is 0 Å². The minimum atomic E-state index is -0.0722. The van der Waals surface area contributed by atoms with Crippen LogP contribution in [-0.4, -0.2) is 51.6 Å². The third kappa shape index (κ3) is 2.66. The Hall–Kier alpha value is -2.24. The van der Waals surface area contributed by atoms with Crippen LogP contribution in [0, 0.1) is 0 Å². The highest BCUT2D eigenvalue weighted by atomic mass is 16.2. The molecule has 6 nitrogen and oxygen atoms in total. The van der Waals surface area contributed by atoms with Gasteiger partial charge < -0.3 is 4.90 Å². The number of amides is 3. The average molecular weight is 287 g/mol. The van der Waals surface area contributed by atoms with E-state index in [1.165, 1.54) is 4.90 Å². The van der Waals surface area contributed by atoms with Gasteiger partial charge in [-0.15, -0.1) is 0 Å². The van der Waals surface area contributed by atoms with Gasteiger partial charge in [0.15, 0.2) is 0 Å². The maximum absolute atomic E-state index is 12.3. The molecule has 2 saturated heterocycles. The molecule has 21 heavy (non-hydrogen) atoms. The van der Waals surface area contributed by atoms with Crippen LogP contribution in [0.5, 0.6) is 0 Å². The van der Waals surface area contributed by atoms with E-state index in [9.17, 15) is 14.4 Å². The molecule has 0 aromatic carbocycles. The second-order valence-corrected chi connectivity index (χ2v) is 5.42. The third-order valence-corrected chi connectivity index (χ3v) is 4.12. The van der Waals surface area contributed by atoms with Crippen LogP contribution in [0.15, 0.2) is 24.5 Å². The van der Waals surface area contributed by atoms with Crippen LogP contribution in [-0.2, 0) is 9.59 Å². The van der Waals surface area contributed by atoms with E-state index in [2.05, 4.69) is 4.98 Å². The summed E-state index contributed by atoms with van der Waals surface area (Å²) in [7, 11) is 0. The highest BCUT2D eigenvalue weighted by Crippen LogP contribution is 2.23. The Labute approximate surface area is 122 Å². The number of nitrogens with zero attached hydrogens (tertiary/aromatic N) is 3. The first kappa shape index (κ1) is 13.7.